The summed E-state index contributed by atoms with van der Waals surface area (Å²) in [7, 11) is -5.00. The highest BCUT2D eigenvalue weighted by Gasteiger charge is 2.52. The maximum absolute atomic E-state index is 13.3. The average molecular weight is 597 g/mol. The third kappa shape index (κ3) is 5.95. The molecule has 2 aliphatic heterocycles. The number of anilines is 1. The number of hydrogen-bond acceptors (Lipinski definition) is 7. The molecule has 222 valence electrons. The van der Waals surface area contributed by atoms with Crippen molar-refractivity contribution in [2.75, 3.05) is 17.5 Å². The summed E-state index contributed by atoms with van der Waals surface area (Å²) in [5.74, 6) is -0.492. The van der Waals surface area contributed by atoms with Crippen LogP contribution >= 0.6 is 0 Å². The Kier molecular flexibility index (Phi) is 7.76. The molecule has 0 atom stereocenters. The number of carbonyl (C=O) groups excluding carboxylic acids is 1. The van der Waals surface area contributed by atoms with Gasteiger partial charge in [-0.05, 0) is 70.4 Å². The minimum Gasteiger partial charge on any atom is -0.489 e. The molecule has 2 aromatic carbocycles. The van der Waals surface area contributed by atoms with Crippen molar-refractivity contribution in [2.24, 2.45) is 5.41 Å². The molecule has 0 bridgehead atoms. The molecule has 0 unspecified atom stereocenters. The number of aliphatic carboxylic acids is 1. The van der Waals surface area contributed by atoms with Gasteiger partial charge in [-0.25, -0.2) is 8.42 Å². The molecule has 3 aliphatic rings. The van der Waals surface area contributed by atoms with E-state index in [1.165, 1.54) is 0 Å². The summed E-state index contributed by atoms with van der Waals surface area (Å²) in [5, 5.41) is 8.46. The summed E-state index contributed by atoms with van der Waals surface area (Å²) in [5.41, 5.74) is -2.14. The number of nitrogens with zero attached hydrogens (tertiary/aromatic N) is 1. The number of Topliss-reactive ketones (excluding diaryl/α,β-unsaturated/α-hetero) is 1. The number of carboxylic acids is 1. The van der Waals surface area contributed by atoms with Gasteiger partial charge in [0.1, 0.15) is 18.1 Å². The zero-order chi connectivity index (χ0) is 30.6. The molecule has 0 aromatic heterocycles. The van der Waals surface area contributed by atoms with Gasteiger partial charge in [-0.15, -0.1) is 0 Å². The van der Waals surface area contributed by atoms with Gasteiger partial charge in [0.15, 0.2) is 0 Å². The van der Waals surface area contributed by atoms with Gasteiger partial charge in [-0.2, -0.15) is 13.2 Å². The minimum atomic E-state index is -4.65. The van der Waals surface area contributed by atoms with Crippen LogP contribution in [-0.2, 0) is 35.1 Å². The summed E-state index contributed by atoms with van der Waals surface area (Å²) in [6.07, 6.45) is -4.23. The van der Waals surface area contributed by atoms with E-state index in [0.29, 0.717) is 17.3 Å². The van der Waals surface area contributed by atoms with Crippen LogP contribution in [0.5, 0.6) is 5.75 Å². The van der Waals surface area contributed by atoms with E-state index >= 15 is 0 Å². The lowest BCUT2D eigenvalue weighted by Gasteiger charge is -2.32. The van der Waals surface area contributed by atoms with E-state index < -0.39 is 56.4 Å². The first kappa shape index (κ1) is 30.9. The van der Waals surface area contributed by atoms with Crippen molar-refractivity contribution in [1.29, 1.82) is 0 Å². The number of carboxylic acid groups (broad SMARTS) is 1. The first-order valence-electron chi connectivity index (χ1n) is 12.8. The van der Waals surface area contributed by atoms with Crippen LogP contribution in [0.1, 0.15) is 53.0 Å². The topological polar surface area (TPSA) is 119 Å². The number of ether oxygens (including phenoxy) is 1. The van der Waals surface area contributed by atoms with Gasteiger partial charge in [0.2, 0.25) is 0 Å². The quantitative estimate of drug-likeness (QED) is 0.525. The van der Waals surface area contributed by atoms with Crippen molar-refractivity contribution in [2.45, 2.75) is 69.7 Å². The van der Waals surface area contributed by atoms with Crippen molar-refractivity contribution >= 4 is 40.0 Å². The van der Waals surface area contributed by atoms with E-state index in [1.807, 2.05) is 27.7 Å². The molecule has 0 spiro atoms. The van der Waals surface area contributed by atoms with Gasteiger partial charge < -0.3 is 19.2 Å². The first-order valence-corrected chi connectivity index (χ1v) is 14.3. The first-order chi connectivity index (χ1) is 18.8. The van der Waals surface area contributed by atoms with E-state index in [0.717, 1.165) is 22.5 Å². The Hall–Kier alpha value is -3.10. The Balaban J connectivity index is 0.000000367. The SMILES string of the molecule is CC1(C(=O)O)CC(=O)C1.CC1(C)OB(c2ccc3c(c2)N(S(=O)(=O)c2cccc(C(F)(F)F)c2)CCO3)OC1(C)C. The number of halogens is 3. The molecule has 2 aromatic rings. The minimum absolute atomic E-state index is 0.0433. The van der Waals surface area contributed by atoms with Crippen LogP contribution < -0.4 is 14.5 Å². The van der Waals surface area contributed by atoms with Crippen LogP contribution in [0.4, 0.5) is 18.9 Å². The van der Waals surface area contributed by atoms with Crippen molar-refractivity contribution in [1.82, 2.24) is 0 Å². The Morgan fingerprint density at radius 2 is 1.61 bits per heavy atom. The molecule has 1 saturated carbocycles. The predicted molar refractivity (Wildman–Crippen MR) is 144 cm³/mol. The number of ketones is 1. The summed E-state index contributed by atoms with van der Waals surface area (Å²) >= 11 is 0. The fraction of sp³-hybridized carbons (Fsp3) is 0.481. The van der Waals surface area contributed by atoms with Crippen molar-refractivity contribution in [3.63, 3.8) is 0 Å². The predicted octanol–water partition coefficient (Wildman–Crippen LogP) is 4.03. The normalized spacial score (nSPS) is 20.7. The molecule has 2 fully saturated rings. The summed E-state index contributed by atoms with van der Waals surface area (Å²) < 4.78 is 84.8. The van der Waals surface area contributed by atoms with E-state index in [1.54, 1.807) is 25.1 Å². The lowest BCUT2D eigenvalue weighted by atomic mass is 9.70. The van der Waals surface area contributed by atoms with Gasteiger partial charge in [-0.3, -0.25) is 13.9 Å². The maximum atomic E-state index is 13.3. The zero-order valence-electron chi connectivity index (χ0n) is 23.2. The van der Waals surface area contributed by atoms with Gasteiger partial charge in [0.05, 0.1) is 39.3 Å². The van der Waals surface area contributed by atoms with Crippen LogP contribution in [0, 0.1) is 5.41 Å². The van der Waals surface area contributed by atoms with Crippen LogP contribution in [0.15, 0.2) is 47.4 Å². The largest absolute Gasteiger partial charge is 0.494 e. The second kappa shape index (κ2) is 10.3. The van der Waals surface area contributed by atoms with Gasteiger partial charge in [0.25, 0.3) is 10.0 Å². The summed E-state index contributed by atoms with van der Waals surface area (Å²) in [4.78, 5) is 20.2. The Morgan fingerprint density at radius 3 is 2.12 bits per heavy atom. The fourth-order valence-electron chi connectivity index (χ4n) is 4.52. The van der Waals surface area contributed by atoms with E-state index in [2.05, 4.69) is 0 Å². The zero-order valence-corrected chi connectivity index (χ0v) is 24.1. The average Bonchev–Trinajstić information content (AvgIpc) is 3.08. The molecule has 0 amide bonds. The van der Waals surface area contributed by atoms with E-state index in [9.17, 15) is 31.2 Å². The van der Waals surface area contributed by atoms with Gasteiger partial charge in [-0.1, -0.05) is 12.1 Å². The highest BCUT2D eigenvalue weighted by atomic mass is 32.2. The van der Waals surface area contributed by atoms with Crippen LogP contribution in [-0.4, -0.2) is 56.7 Å². The molecule has 1 saturated heterocycles. The van der Waals surface area contributed by atoms with E-state index in [-0.39, 0.29) is 37.5 Å². The fourth-order valence-corrected chi connectivity index (χ4v) is 6.01. The smallest absolute Gasteiger partial charge is 0.489 e. The second-order valence-electron chi connectivity index (χ2n) is 11.5. The Bertz CT molecular complexity index is 1450. The molecule has 14 heteroatoms. The highest BCUT2D eigenvalue weighted by molar-refractivity contribution is 7.92. The number of rotatable bonds is 4. The third-order valence-corrected chi connectivity index (χ3v) is 9.58. The third-order valence-electron chi connectivity index (χ3n) is 7.77. The number of alkyl halides is 3. The van der Waals surface area contributed by atoms with E-state index in [4.69, 9.17) is 19.2 Å². The number of sulfonamides is 1. The molecule has 5 rings (SSSR count). The van der Waals surface area contributed by atoms with Crippen molar-refractivity contribution < 1.29 is 50.3 Å². The van der Waals surface area contributed by atoms with Gasteiger partial charge >= 0.3 is 19.3 Å². The molecule has 0 radical (unpaired) electrons. The monoisotopic (exact) mass is 597 g/mol. The molecular weight excluding hydrogens is 566 g/mol. The molecule has 2 heterocycles. The molecular formula is C27H31BF3NO8S. The lowest BCUT2D eigenvalue weighted by Crippen LogP contribution is -2.41. The van der Waals surface area contributed by atoms with Gasteiger partial charge in [0, 0.05) is 12.8 Å². The van der Waals surface area contributed by atoms with Crippen LogP contribution in [0.25, 0.3) is 0 Å². The number of hydrogen-bond donors (Lipinski definition) is 1. The van der Waals surface area contributed by atoms with Crippen LogP contribution in [0.3, 0.4) is 0 Å². The molecule has 1 N–H and O–H groups in total. The van der Waals surface area contributed by atoms with Crippen molar-refractivity contribution in [3.8, 4) is 5.75 Å². The molecule has 9 nitrogen and oxygen atoms in total. The number of fused-ring (bicyclic) bond motifs is 1. The molecule has 1 aliphatic carbocycles. The van der Waals surface area contributed by atoms with Crippen molar-refractivity contribution in [3.05, 3.63) is 48.0 Å². The standard InChI is InChI=1S/C21H23BF3NO5S.C6H8O3/c1-19(2)20(3,4)31-22(30-19)15-8-9-18-17(13-15)26(10-11-29-18)32(27,28)16-7-5-6-14(12-16)21(23,24)25;1-6(5(8)9)2-4(7)3-6/h5-9,12-13H,10-11H2,1-4H3;2-3H2,1H3,(H,8,9). The molecule has 41 heavy (non-hydrogen) atoms. The Morgan fingerprint density at radius 1 is 1.00 bits per heavy atom. The lowest BCUT2D eigenvalue weighted by molar-refractivity contribution is -0.158. The second-order valence-corrected chi connectivity index (χ2v) is 13.4. The Labute approximate surface area is 236 Å². The summed E-state index contributed by atoms with van der Waals surface area (Å²) in [6, 6.07) is 8.63. The summed E-state index contributed by atoms with van der Waals surface area (Å²) in [6.45, 7) is 9.23. The number of carbonyl (C=O) groups is 2. The maximum Gasteiger partial charge on any atom is 0.494 e. The number of benzene rings is 2. The van der Waals surface area contributed by atoms with Crippen LogP contribution in [0.2, 0.25) is 0 Å². The highest BCUT2D eigenvalue weighted by Crippen LogP contribution is 2.40.